The molecule has 0 bridgehead atoms. The van der Waals surface area contributed by atoms with Crippen LogP contribution >= 0.6 is 11.8 Å². The molecule has 2 rings (SSSR count). The third-order valence-electron chi connectivity index (χ3n) is 4.29. The van der Waals surface area contributed by atoms with Crippen molar-refractivity contribution in [2.24, 2.45) is 0 Å². The molecule has 144 valence electrons. The second kappa shape index (κ2) is 8.80. The molecule has 2 atom stereocenters. The molecule has 0 saturated carbocycles. The molecule has 0 spiro atoms. The molecule has 2 unspecified atom stereocenters. The lowest BCUT2D eigenvalue weighted by molar-refractivity contribution is -0.132. The zero-order chi connectivity index (χ0) is 19.3. The first-order chi connectivity index (χ1) is 12.2. The number of ether oxygens (including phenoxy) is 1. The van der Waals surface area contributed by atoms with Crippen LogP contribution in [-0.2, 0) is 9.53 Å². The molecule has 0 radical (unpaired) electrons. The first kappa shape index (κ1) is 20.6. The average molecular weight is 379 g/mol. The zero-order valence-corrected chi connectivity index (χ0v) is 17.2. The van der Waals surface area contributed by atoms with E-state index in [0.29, 0.717) is 18.3 Å². The van der Waals surface area contributed by atoms with Crippen molar-refractivity contribution in [3.05, 3.63) is 35.4 Å². The maximum atomic E-state index is 12.7. The second-order valence-corrected chi connectivity index (χ2v) is 9.01. The Morgan fingerprint density at radius 3 is 2.62 bits per heavy atom. The largest absolute Gasteiger partial charge is 0.444 e. The van der Waals surface area contributed by atoms with Crippen LogP contribution < -0.4 is 5.32 Å². The van der Waals surface area contributed by atoms with Gasteiger partial charge in [0.05, 0.1) is 0 Å². The fourth-order valence-corrected chi connectivity index (χ4v) is 4.33. The highest BCUT2D eigenvalue weighted by atomic mass is 32.2. The second-order valence-electron chi connectivity index (χ2n) is 7.70. The number of aryl methyl sites for hydroxylation is 1. The van der Waals surface area contributed by atoms with E-state index in [4.69, 9.17) is 4.74 Å². The van der Waals surface area contributed by atoms with Gasteiger partial charge in [0.2, 0.25) is 5.91 Å². The standard InChI is InChI=1S/C20H30N2O3S/c1-14-8-6-7-9-16(14)17-10-11-22(12-13-26-17)18(23)15(2)21-19(24)25-20(3,4)5/h6-9,15,17H,10-13H2,1-5H3,(H,21,24). The summed E-state index contributed by atoms with van der Waals surface area (Å²) >= 11 is 1.90. The molecule has 1 aliphatic heterocycles. The monoisotopic (exact) mass is 378 g/mol. The van der Waals surface area contributed by atoms with Crippen LogP contribution in [0.4, 0.5) is 4.79 Å². The normalized spacial score (nSPS) is 19.4. The maximum absolute atomic E-state index is 12.7. The van der Waals surface area contributed by atoms with Crippen molar-refractivity contribution in [1.82, 2.24) is 10.2 Å². The van der Waals surface area contributed by atoms with Crippen LogP contribution in [-0.4, -0.2) is 47.4 Å². The molecule has 1 aromatic carbocycles. The molecule has 1 saturated heterocycles. The van der Waals surface area contributed by atoms with E-state index in [2.05, 4.69) is 36.5 Å². The molecule has 26 heavy (non-hydrogen) atoms. The molecule has 5 nitrogen and oxygen atoms in total. The summed E-state index contributed by atoms with van der Waals surface area (Å²) in [6.45, 7) is 10.7. The molecule has 0 aromatic heterocycles. The third-order valence-corrected chi connectivity index (χ3v) is 5.60. The summed E-state index contributed by atoms with van der Waals surface area (Å²) in [4.78, 5) is 26.5. The number of carbonyl (C=O) groups excluding carboxylic acids is 2. The fourth-order valence-electron chi connectivity index (χ4n) is 3.01. The van der Waals surface area contributed by atoms with Crippen molar-refractivity contribution in [1.29, 1.82) is 0 Å². The number of benzene rings is 1. The topological polar surface area (TPSA) is 58.6 Å². The highest BCUT2D eigenvalue weighted by Gasteiger charge is 2.27. The molecule has 1 heterocycles. The molecule has 1 aromatic rings. The van der Waals surface area contributed by atoms with Gasteiger partial charge in [-0.25, -0.2) is 4.79 Å². The fraction of sp³-hybridized carbons (Fsp3) is 0.600. The van der Waals surface area contributed by atoms with Crippen molar-refractivity contribution in [2.75, 3.05) is 18.8 Å². The lowest BCUT2D eigenvalue weighted by Crippen LogP contribution is -2.48. The van der Waals surface area contributed by atoms with Crippen molar-refractivity contribution < 1.29 is 14.3 Å². The van der Waals surface area contributed by atoms with Crippen molar-refractivity contribution >= 4 is 23.8 Å². The Morgan fingerprint density at radius 2 is 1.96 bits per heavy atom. The van der Waals surface area contributed by atoms with Gasteiger partial charge in [-0.15, -0.1) is 0 Å². The number of nitrogens with zero attached hydrogens (tertiary/aromatic N) is 1. The van der Waals surface area contributed by atoms with Gasteiger partial charge in [-0.05, 0) is 52.2 Å². The molecule has 0 aliphatic carbocycles. The summed E-state index contributed by atoms with van der Waals surface area (Å²) in [5.74, 6) is 0.839. The van der Waals surface area contributed by atoms with Gasteiger partial charge < -0.3 is 15.0 Å². The molecular weight excluding hydrogens is 348 g/mol. The summed E-state index contributed by atoms with van der Waals surface area (Å²) in [5.41, 5.74) is 2.07. The molecule has 1 fully saturated rings. The first-order valence-electron chi connectivity index (χ1n) is 9.13. The van der Waals surface area contributed by atoms with E-state index in [1.165, 1.54) is 11.1 Å². The quantitative estimate of drug-likeness (QED) is 0.866. The predicted molar refractivity (Wildman–Crippen MR) is 106 cm³/mol. The Balaban J connectivity index is 1.92. The van der Waals surface area contributed by atoms with Gasteiger partial charge in [-0.1, -0.05) is 24.3 Å². The van der Waals surface area contributed by atoms with Gasteiger partial charge in [0.1, 0.15) is 11.6 Å². The summed E-state index contributed by atoms with van der Waals surface area (Å²) in [6.07, 6.45) is 0.362. The number of carbonyl (C=O) groups is 2. The zero-order valence-electron chi connectivity index (χ0n) is 16.4. The smallest absolute Gasteiger partial charge is 0.408 e. The Morgan fingerprint density at radius 1 is 1.27 bits per heavy atom. The van der Waals surface area contributed by atoms with Crippen LogP contribution in [0.25, 0.3) is 0 Å². The maximum Gasteiger partial charge on any atom is 0.408 e. The number of thioether (sulfide) groups is 1. The van der Waals surface area contributed by atoms with Crippen LogP contribution in [0.3, 0.4) is 0 Å². The number of hydrogen-bond acceptors (Lipinski definition) is 4. The van der Waals surface area contributed by atoms with E-state index in [-0.39, 0.29) is 5.91 Å². The molecule has 6 heteroatoms. The van der Waals surface area contributed by atoms with Gasteiger partial charge in [0.15, 0.2) is 0 Å². The van der Waals surface area contributed by atoms with Crippen LogP contribution in [0.2, 0.25) is 0 Å². The van der Waals surface area contributed by atoms with E-state index in [9.17, 15) is 9.59 Å². The average Bonchev–Trinajstić information content (AvgIpc) is 2.78. The van der Waals surface area contributed by atoms with E-state index in [0.717, 1.165) is 12.2 Å². The van der Waals surface area contributed by atoms with Crippen molar-refractivity contribution in [2.45, 2.75) is 57.9 Å². The third kappa shape index (κ3) is 5.94. The van der Waals surface area contributed by atoms with Gasteiger partial charge in [-0.2, -0.15) is 11.8 Å². The van der Waals surface area contributed by atoms with Crippen LogP contribution in [0.15, 0.2) is 24.3 Å². The molecule has 1 N–H and O–H groups in total. The minimum absolute atomic E-state index is 0.0538. The number of amides is 2. The van der Waals surface area contributed by atoms with Gasteiger partial charge in [-0.3, -0.25) is 4.79 Å². The van der Waals surface area contributed by atoms with Gasteiger partial charge in [0.25, 0.3) is 0 Å². The number of alkyl carbamates (subject to hydrolysis) is 1. The first-order valence-corrected chi connectivity index (χ1v) is 10.2. The van der Waals surface area contributed by atoms with Gasteiger partial charge in [0, 0.05) is 24.1 Å². The van der Waals surface area contributed by atoms with E-state index >= 15 is 0 Å². The number of nitrogens with one attached hydrogen (secondary N) is 1. The Hall–Kier alpha value is -1.69. The highest BCUT2D eigenvalue weighted by molar-refractivity contribution is 7.99. The minimum Gasteiger partial charge on any atom is -0.444 e. The molecule has 1 aliphatic rings. The van der Waals surface area contributed by atoms with Gasteiger partial charge >= 0.3 is 6.09 Å². The summed E-state index contributed by atoms with van der Waals surface area (Å²) in [6, 6.07) is 7.85. The lowest BCUT2D eigenvalue weighted by Gasteiger charge is -2.26. The van der Waals surface area contributed by atoms with Crippen LogP contribution in [0.1, 0.15) is 50.5 Å². The Kier molecular flexibility index (Phi) is 6.98. The van der Waals surface area contributed by atoms with Crippen LogP contribution in [0.5, 0.6) is 0 Å². The SMILES string of the molecule is Cc1ccccc1C1CCN(C(=O)C(C)NC(=O)OC(C)(C)C)CCS1. The predicted octanol–water partition coefficient (Wildman–Crippen LogP) is 3.91. The highest BCUT2D eigenvalue weighted by Crippen LogP contribution is 2.35. The summed E-state index contributed by atoms with van der Waals surface area (Å²) in [7, 11) is 0. The Labute approximate surface area is 160 Å². The van der Waals surface area contributed by atoms with E-state index in [1.807, 2.05) is 16.7 Å². The molecule has 2 amide bonds. The Bertz CT molecular complexity index is 642. The van der Waals surface area contributed by atoms with Crippen molar-refractivity contribution in [3.8, 4) is 0 Å². The number of rotatable bonds is 3. The van der Waals surface area contributed by atoms with Crippen molar-refractivity contribution in [3.63, 3.8) is 0 Å². The minimum atomic E-state index is -0.593. The van der Waals surface area contributed by atoms with Crippen LogP contribution in [0, 0.1) is 6.92 Å². The summed E-state index contributed by atoms with van der Waals surface area (Å²) < 4.78 is 5.23. The van der Waals surface area contributed by atoms with E-state index in [1.54, 1.807) is 27.7 Å². The number of hydrogen-bond donors (Lipinski definition) is 1. The summed E-state index contributed by atoms with van der Waals surface area (Å²) in [5, 5.41) is 3.05. The van der Waals surface area contributed by atoms with E-state index < -0.39 is 17.7 Å². The molecular formula is C20H30N2O3S. The lowest BCUT2D eigenvalue weighted by atomic mass is 10.0.